The molecule has 1 amide bonds. The van der Waals surface area contributed by atoms with Crippen molar-refractivity contribution < 1.29 is 18.7 Å². The van der Waals surface area contributed by atoms with Crippen LogP contribution in [0.4, 0.5) is 4.39 Å². The van der Waals surface area contributed by atoms with E-state index in [-0.39, 0.29) is 18.3 Å². The van der Waals surface area contributed by atoms with Crippen molar-refractivity contribution >= 4 is 16.9 Å². The van der Waals surface area contributed by atoms with Crippen LogP contribution >= 0.6 is 0 Å². The first-order valence-corrected chi connectivity index (χ1v) is 10.4. The fraction of sp³-hybridized carbons (Fsp3) is 0.208. The Hall–Kier alpha value is -3.78. The molecule has 4 aromatic rings. The number of rotatable bonds is 5. The smallest absolute Gasteiger partial charge is 0.260 e. The van der Waals surface area contributed by atoms with Gasteiger partial charge in [-0.2, -0.15) is 5.10 Å². The fourth-order valence-corrected chi connectivity index (χ4v) is 3.71. The van der Waals surface area contributed by atoms with Gasteiger partial charge in [0.05, 0.1) is 18.9 Å². The van der Waals surface area contributed by atoms with Gasteiger partial charge in [0, 0.05) is 36.3 Å². The third kappa shape index (κ3) is 4.04. The highest BCUT2D eigenvalue weighted by atomic mass is 19.1. The zero-order valence-corrected chi connectivity index (χ0v) is 17.3. The van der Waals surface area contributed by atoms with Gasteiger partial charge in [0.1, 0.15) is 17.3 Å². The topological polar surface area (TPSA) is 69.5 Å². The molecule has 3 heterocycles. The molecule has 8 heteroatoms. The molecule has 1 saturated heterocycles. The van der Waals surface area contributed by atoms with E-state index < -0.39 is 0 Å². The zero-order valence-electron chi connectivity index (χ0n) is 17.3. The molecule has 0 unspecified atom stereocenters. The second kappa shape index (κ2) is 8.76. The standard InChI is InChI=1S/C24H21FN4O3/c25-18-8-6-17(7-9-18)23-21-5-2-10-26-24(21)29(27-23)19-3-1-4-20(15-19)32-16-22(30)28-11-13-31-14-12-28/h1-10,15H,11-14,16H2. The van der Waals surface area contributed by atoms with E-state index in [2.05, 4.69) is 4.98 Å². The van der Waals surface area contributed by atoms with Crippen LogP contribution in [0, 0.1) is 5.82 Å². The Balaban J connectivity index is 1.43. The van der Waals surface area contributed by atoms with Gasteiger partial charge in [0.15, 0.2) is 12.3 Å². The fourth-order valence-electron chi connectivity index (χ4n) is 3.71. The largest absolute Gasteiger partial charge is 0.484 e. The number of amides is 1. The average Bonchev–Trinajstić information content (AvgIpc) is 3.23. The van der Waals surface area contributed by atoms with Crippen LogP contribution in [0.1, 0.15) is 0 Å². The van der Waals surface area contributed by atoms with Crippen LogP contribution in [0.15, 0.2) is 66.9 Å². The molecule has 162 valence electrons. The Morgan fingerprint density at radius 3 is 2.69 bits per heavy atom. The third-order valence-corrected chi connectivity index (χ3v) is 5.35. The van der Waals surface area contributed by atoms with E-state index in [4.69, 9.17) is 14.6 Å². The maximum absolute atomic E-state index is 13.4. The van der Waals surface area contributed by atoms with Crippen molar-refractivity contribution in [2.24, 2.45) is 0 Å². The number of pyridine rings is 1. The van der Waals surface area contributed by atoms with Gasteiger partial charge in [-0.3, -0.25) is 4.79 Å². The van der Waals surface area contributed by atoms with Gasteiger partial charge in [0.2, 0.25) is 0 Å². The number of halogens is 1. The number of benzene rings is 2. The molecule has 0 saturated carbocycles. The van der Waals surface area contributed by atoms with Gasteiger partial charge in [-0.15, -0.1) is 0 Å². The van der Waals surface area contributed by atoms with Crippen molar-refractivity contribution in [1.82, 2.24) is 19.7 Å². The van der Waals surface area contributed by atoms with Crippen molar-refractivity contribution in [3.8, 4) is 22.7 Å². The van der Waals surface area contributed by atoms with E-state index in [1.807, 2.05) is 30.3 Å². The van der Waals surface area contributed by atoms with Gasteiger partial charge in [-0.25, -0.2) is 14.1 Å². The summed E-state index contributed by atoms with van der Waals surface area (Å²) >= 11 is 0. The summed E-state index contributed by atoms with van der Waals surface area (Å²) in [5, 5.41) is 5.61. The van der Waals surface area contributed by atoms with E-state index in [0.29, 0.717) is 43.4 Å². The number of aromatic nitrogens is 3. The minimum Gasteiger partial charge on any atom is -0.484 e. The number of carbonyl (C=O) groups is 1. The Bertz CT molecular complexity index is 1250. The number of ether oxygens (including phenoxy) is 2. The number of carbonyl (C=O) groups excluding carboxylic acids is 1. The van der Waals surface area contributed by atoms with Gasteiger partial charge < -0.3 is 14.4 Å². The molecule has 0 aliphatic carbocycles. The molecule has 0 radical (unpaired) electrons. The highest BCUT2D eigenvalue weighted by Gasteiger charge is 2.18. The van der Waals surface area contributed by atoms with Crippen LogP contribution < -0.4 is 4.74 Å². The van der Waals surface area contributed by atoms with Gasteiger partial charge in [0.25, 0.3) is 5.91 Å². The molecule has 2 aromatic heterocycles. The quantitative estimate of drug-likeness (QED) is 0.483. The van der Waals surface area contributed by atoms with Crippen LogP contribution in [0.5, 0.6) is 5.75 Å². The SMILES string of the molecule is O=C(COc1cccc(-n2nc(-c3ccc(F)cc3)c3cccnc32)c1)N1CCOCC1. The summed E-state index contributed by atoms with van der Waals surface area (Å²) in [7, 11) is 0. The molecular formula is C24H21FN4O3. The average molecular weight is 432 g/mol. The molecule has 1 aliphatic heterocycles. The normalized spacial score (nSPS) is 14.0. The first kappa shape index (κ1) is 20.1. The Kier molecular flexibility index (Phi) is 5.51. The van der Waals surface area contributed by atoms with E-state index in [0.717, 1.165) is 16.6 Å². The van der Waals surface area contributed by atoms with Crippen molar-refractivity contribution in [2.75, 3.05) is 32.9 Å². The molecule has 7 nitrogen and oxygen atoms in total. The summed E-state index contributed by atoms with van der Waals surface area (Å²) in [5.74, 6) is 0.197. The van der Waals surface area contributed by atoms with Crippen molar-refractivity contribution in [1.29, 1.82) is 0 Å². The number of morpholine rings is 1. The van der Waals surface area contributed by atoms with Gasteiger partial charge in [-0.05, 0) is 48.5 Å². The van der Waals surface area contributed by atoms with Crippen molar-refractivity contribution in [3.63, 3.8) is 0 Å². The molecule has 1 aliphatic rings. The molecular weight excluding hydrogens is 411 g/mol. The summed E-state index contributed by atoms with van der Waals surface area (Å²) in [4.78, 5) is 18.6. The number of nitrogens with zero attached hydrogens (tertiary/aromatic N) is 4. The Morgan fingerprint density at radius 2 is 1.88 bits per heavy atom. The van der Waals surface area contributed by atoms with E-state index in [1.165, 1.54) is 12.1 Å². The maximum atomic E-state index is 13.4. The lowest BCUT2D eigenvalue weighted by molar-refractivity contribution is -0.137. The van der Waals surface area contributed by atoms with Crippen LogP contribution in [0.25, 0.3) is 28.0 Å². The van der Waals surface area contributed by atoms with Crippen LogP contribution in [-0.2, 0) is 9.53 Å². The molecule has 0 atom stereocenters. The van der Waals surface area contributed by atoms with Crippen LogP contribution in [0.2, 0.25) is 0 Å². The second-order valence-electron chi connectivity index (χ2n) is 7.42. The number of hydrogen-bond donors (Lipinski definition) is 0. The van der Waals surface area contributed by atoms with Gasteiger partial charge >= 0.3 is 0 Å². The van der Waals surface area contributed by atoms with Crippen molar-refractivity contribution in [2.45, 2.75) is 0 Å². The summed E-state index contributed by atoms with van der Waals surface area (Å²) in [5.41, 5.74) is 2.93. The summed E-state index contributed by atoms with van der Waals surface area (Å²) in [6.07, 6.45) is 1.70. The predicted molar refractivity (Wildman–Crippen MR) is 117 cm³/mol. The first-order valence-electron chi connectivity index (χ1n) is 10.4. The highest BCUT2D eigenvalue weighted by molar-refractivity contribution is 5.92. The van der Waals surface area contributed by atoms with Gasteiger partial charge in [-0.1, -0.05) is 6.07 Å². The lowest BCUT2D eigenvalue weighted by Crippen LogP contribution is -2.42. The Labute approximate surface area is 184 Å². The third-order valence-electron chi connectivity index (χ3n) is 5.35. The summed E-state index contributed by atoms with van der Waals surface area (Å²) in [6.45, 7) is 2.23. The maximum Gasteiger partial charge on any atom is 0.260 e. The van der Waals surface area contributed by atoms with Crippen LogP contribution in [-0.4, -0.2) is 58.5 Å². The first-order chi connectivity index (χ1) is 15.7. The predicted octanol–water partition coefficient (Wildman–Crippen LogP) is 3.46. The molecule has 0 N–H and O–H groups in total. The molecule has 32 heavy (non-hydrogen) atoms. The molecule has 0 spiro atoms. The van der Waals surface area contributed by atoms with E-state index in [1.54, 1.807) is 34.0 Å². The number of hydrogen-bond acceptors (Lipinski definition) is 5. The summed E-state index contributed by atoms with van der Waals surface area (Å²) < 4.78 is 26.2. The summed E-state index contributed by atoms with van der Waals surface area (Å²) in [6, 6.07) is 17.4. The highest BCUT2D eigenvalue weighted by Crippen LogP contribution is 2.29. The van der Waals surface area contributed by atoms with E-state index in [9.17, 15) is 9.18 Å². The lowest BCUT2D eigenvalue weighted by Gasteiger charge is -2.26. The molecule has 0 bridgehead atoms. The number of fused-ring (bicyclic) bond motifs is 1. The second-order valence-corrected chi connectivity index (χ2v) is 7.42. The minimum absolute atomic E-state index is 0.0393. The molecule has 5 rings (SSSR count). The zero-order chi connectivity index (χ0) is 21.9. The minimum atomic E-state index is -0.299. The van der Waals surface area contributed by atoms with Crippen LogP contribution in [0.3, 0.4) is 0 Å². The monoisotopic (exact) mass is 432 g/mol. The lowest BCUT2D eigenvalue weighted by atomic mass is 10.1. The molecule has 1 fully saturated rings. The Morgan fingerprint density at radius 1 is 1.06 bits per heavy atom. The van der Waals surface area contributed by atoms with E-state index >= 15 is 0 Å². The van der Waals surface area contributed by atoms with Crippen molar-refractivity contribution in [3.05, 3.63) is 72.7 Å². The molecule has 2 aromatic carbocycles.